The number of benzene rings is 1. The lowest BCUT2D eigenvalue weighted by atomic mass is 10.3. The van der Waals surface area contributed by atoms with Crippen LogP contribution in [0.25, 0.3) is 11.8 Å². The zero-order valence-electron chi connectivity index (χ0n) is 12.9. The summed E-state index contributed by atoms with van der Waals surface area (Å²) in [7, 11) is 1.54. The van der Waals surface area contributed by atoms with Crippen LogP contribution >= 0.6 is 34.4 Å². The molecule has 0 atom stereocenters. The molecule has 24 heavy (non-hydrogen) atoms. The van der Waals surface area contributed by atoms with E-state index in [-0.39, 0.29) is 17.7 Å². The molecule has 1 saturated heterocycles. The molecule has 0 unspecified atom stereocenters. The number of carbonyl (C=O) groups is 2. The van der Waals surface area contributed by atoms with Gasteiger partial charge in [0.2, 0.25) is 0 Å². The zero-order valence-corrected chi connectivity index (χ0v) is 15.9. The third-order valence-electron chi connectivity index (χ3n) is 3.56. The normalized spacial score (nSPS) is 16.4. The highest BCUT2D eigenvalue weighted by Crippen LogP contribution is 2.32. The Labute approximate surface area is 157 Å². The molecular weight excluding hydrogens is 439 g/mol. The van der Waals surface area contributed by atoms with Gasteiger partial charge in [-0.1, -0.05) is 0 Å². The second-order valence-electron chi connectivity index (χ2n) is 5.11. The smallest absolute Gasteiger partial charge is 0.293 e. The molecular formula is C17H15IN2O3S. The molecule has 1 aliphatic rings. The van der Waals surface area contributed by atoms with Crippen molar-refractivity contribution in [3.05, 3.63) is 56.8 Å². The van der Waals surface area contributed by atoms with E-state index in [9.17, 15) is 9.59 Å². The number of halogens is 1. The summed E-state index contributed by atoms with van der Waals surface area (Å²) in [6.07, 6.45) is 3.69. The van der Waals surface area contributed by atoms with Crippen molar-refractivity contribution in [2.75, 3.05) is 20.3 Å². The number of thioether (sulfide) groups is 1. The molecule has 0 spiro atoms. The van der Waals surface area contributed by atoms with Crippen LogP contribution in [0, 0.1) is 3.57 Å². The highest BCUT2D eigenvalue weighted by Gasteiger charge is 2.34. The fraction of sp³-hybridized carbons (Fsp3) is 0.176. The van der Waals surface area contributed by atoms with Gasteiger partial charge in [-0.3, -0.25) is 14.5 Å². The summed E-state index contributed by atoms with van der Waals surface area (Å²) in [6.45, 7) is 0.612. The third kappa shape index (κ3) is 3.57. The molecule has 3 rings (SSSR count). The number of rotatable bonds is 5. The van der Waals surface area contributed by atoms with Crippen molar-refractivity contribution in [3.63, 3.8) is 0 Å². The van der Waals surface area contributed by atoms with Gasteiger partial charge in [0, 0.05) is 28.3 Å². The summed E-state index contributed by atoms with van der Waals surface area (Å²) in [4.78, 5) is 26.0. The van der Waals surface area contributed by atoms with Crippen LogP contribution in [0.1, 0.15) is 5.69 Å². The predicted molar refractivity (Wildman–Crippen MR) is 103 cm³/mol. The molecule has 5 nitrogen and oxygen atoms in total. The number of nitrogens with zero attached hydrogens (tertiary/aromatic N) is 2. The van der Waals surface area contributed by atoms with Crippen molar-refractivity contribution in [1.82, 2.24) is 9.47 Å². The second kappa shape index (κ2) is 7.54. The first-order valence-corrected chi connectivity index (χ1v) is 9.17. The maximum absolute atomic E-state index is 12.4. The number of amides is 2. The van der Waals surface area contributed by atoms with Crippen LogP contribution in [0.4, 0.5) is 4.79 Å². The number of ether oxygens (including phenoxy) is 1. The van der Waals surface area contributed by atoms with E-state index in [1.807, 2.05) is 47.2 Å². The van der Waals surface area contributed by atoms with Crippen molar-refractivity contribution in [2.24, 2.45) is 0 Å². The molecule has 2 amide bonds. The maximum Gasteiger partial charge on any atom is 0.293 e. The van der Waals surface area contributed by atoms with Crippen LogP contribution < -0.4 is 0 Å². The maximum atomic E-state index is 12.4. The van der Waals surface area contributed by atoms with Crippen molar-refractivity contribution in [2.45, 2.75) is 0 Å². The molecule has 124 valence electrons. The first-order valence-electron chi connectivity index (χ1n) is 7.28. The molecule has 1 fully saturated rings. The molecule has 1 aromatic carbocycles. The van der Waals surface area contributed by atoms with Crippen LogP contribution in [0.2, 0.25) is 0 Å². The Morgan fingerprint density at radius 1 is 1.21 bits per heavy atom. The molecule has 0 bridgehead atoms. The Kier molecular flexibility index (Phi) is 5.42. The van der Waals surface area contributed by atoms with Crippen molar-refractivity contribution in [3.8, 4) is 5.69 Å². The average Bonchev–Trinajstić information content (AvgIpc) is 3.13. The summed E-state index contributed by atoms with van der Waals surface area (Å²) in [5.74, 6) is -0.266. The number of hydrogen-bond acceptors (Lipinski definition) is 4. The van der Waals surface area contributed by atoms with Crippen LogP contribution in [-0.2, 0) is 9.53 Å². The molecule has 1 aromatic heterocycles. The highest BCUT2D eigenvalue weighted by molar-refractivity contribution is 14.1. The minimum atomic E-state index is -0.266. The van der Waals surface area contributed by atoms with Gasteiger partial charge in [-0.05, 0) is 76.8 Å². The van der Waals surface area contributed by atoms with E-state index in [0.29, 0.717) is 11.5 Å². The van der Waals surface area contributed by atoms with E-state index in [0.717, 1.165) is 26.7 Å². The molecule has 2 aromatic rings. The first-order chi connectivity index (χ1) is 11.6. The first kappa shape index (κ1) is 17.2. The van der Waals surface area contributed by atoms with E-state index >= 15 is 0 Å². The summed E-state index contributed by atoms with van der Waals surface area (Å²) >= 11 is 3.22. The fourth-order valence-corrected chi connectivity index (χ4v) is 3.57. The van der Waals surface area contributed by atoms with Gasteiger partial charge >= 0.3 is 0 Å². The Hall–Kier alpha value is -1.58. The van der Waals surface area contributed by atoms with E-state index in [1.165, 1.54) is 4.90 Å². The monoisotopic (exact) mass is 454 g/mol. The number of imide groups is 1. The van der Waals surface area contributed by atoms with E-state index in [2.05, 4.69) is 22.6 Å². The quantitative estimate of drug-likeness (QED) is 0.510. The van der Waals surface area contributed by atoms with Gasteiger partial charge < -0.3 is 9.30 Å². The molecule has 0 N–H and O–H groups in total. The Morgan fingerprint density at radius 3 is 2.67 bits per heavy atom. The number of carbonyl (C=O) groups excluding carboxylic acids is 2. The van der Waals surface area contributed by atoms with Gasteiger partial charge in [0.25, 0.3) is 11.1 Å². The highest BCUT2D eigenvalue weighted by atomic mass is 127. The standard InChI is InChI=1S/C17H15IN2O3S/c1-23-10-9-20-16(21)15(24-17(20)22)11-14-3-2-8-19(14)13-6-4-12(18)5-7-13/h2-8,11H,9-10H2,1H3/b15-11+. The van der Waals surface area contributed by atoms with Gasteiger partial charge in [-0.25, -0.2) is 0 Å². The molecule has 2 heterocycles. The van der Waals surface area contributed by atoms with Crippen molar-refractivity contribution in [1.29, 1.82) is 0 Å². The fourth-order valence-electron chi connectivity index (χ4n) is 2.36. The molecule has 0 aliphatic carbocycles. The molecule has 0 saturated carbocycles. The summed E-state index contributed by atoms with van der Waals surface area (Å²) < 4.78 is 8.09. The average molecular weight is 454 g/mol. The Balaban J connectivity index is 1.88. The van der Waals surface area contributed by atoms with Crippen molar-refractivity contribution < 1.29 is 14.3 Å². The van der Waals surface area contributed by atoms with Gasteiger partial charge in [0.1, 0.15) is 0 Å². The largest absolute Gasteiger partial charge is 0.383 e. The topological polar surface area (TPSA) is 51.5 Å². The molecule has 0 radical (unpaired) electrons. The molecule has 1 aliphatic heterocycles. The minimum Gasteiger partial charge on any atom is -0.383 e. The summed E-state index contributed by atoms with van der Waals surface area (Å²) in [5.41, 5.74) is 1.86. The van der Waals surface area contributed by atoms with E-state index in [1.54, 1.807) is 13.2 Å². The number of hydrogen-bond donors (Lipinski definition) is 0. The van der Waals surface area contributed by atoms with Gasteiger partial charge in [-0.15, -0.1) is 0 Å². The summed E-state index contributed by atoms with van der Waals surface area (Å²) in [6, 6.07) is 11.9. The lowest BCUT2D eigenvalue weighted by Gasteiger charge is -2.11. The second-order valence-corrected chi connectivity index (χ2v) is 7.34. The third-order valence-corrected chi connectivity index (χ3v) is 5.18. The van der Waals surface area contributed by atoms with E-state index < -0.39 is 0 Å². The minimum absolute atomic E-state index is 0.254. The Bertz CT molecular complexity index is 798. The lowest BCUT2D eigenvalue weighted by molar-refractivity contribution is -0.123. The lowest BCUT2D eigenvalue weighted by Crippen LogP contribution is -2.31. The van der Waals surface area contributed by atoms with Crippen LogP contribution in [-0.4, -0.2) is 40.9 Å². The van der Waals surface area contributed by atoms with Crippen LogP contribution in [0.5, 0.6) is 0 Å². The predicted octanol–water partition coefficient (Wildman–Crippen LogP) is 3.76. The zero-order chi connectivity index (χ0) is 17.1. The molecule has 7 heteroatoms. The SMILES string of the molecule is COCCN1C(=O)S/C(=C/c2cccn2-c2ccc(I)cc2)C1=O. The number of aromatic nitrogens is 1. The van der Waals surface area contributed by atoms with Gasteiger partial charge in [-0.2, -0.15) is 0 Å². The van der Waals surface area contributed by atoms with Crippen molar-refractivity contribution >= 4 is 51.6 Å². The van der Waals surface area contributed by atoms with Crippen LogP contribution in [0.15, 0.2) is 47.5 Å². The number of methoxy groups -OCH3 is 1. The van der Waals surface area contributed by atoms with Crippen LogP contribution in [0.3, 0.4) is 0 Å². The Morgan fingerprint density at radius 2 is 1.96 bits per heavy atom. The van der Waals surface area contributed by atoms with E-state index in [4.69, 9.17) is 4.74 Å². The van der Waals surface area contributed by atoms with Gasteiger partial charge in [0.05, 0.1) is 18.1 Å². The van der Waals surface area contributed by atoms with Gasteiger partial charge in [0.15, 0.2) is 0 Å². The summed E-state index contributed by atoms with van der Waals surface area (Å²) in [5, 5.41) is -0.254.